The fraction of sp³-hybridized carbons (Fsp3) is 0.111. The first-order valence-corrected chi connectivity index (χ1v) is 13.0. The first kappa shape index (κ1) is 11.8. The van der Waals surface area contributed by atoms with Gasteiger partial charge >= 0.3 is 34.5 Å². The average Bonchev–Trinajstić information content (AvgIpc) is 2.75. The summed E-state index contributed by atoms with van der Waals surface area (Å²) >= 11 is 3.62. The molecule has 2 heterocycles. The molecular weight excluding hydrogens is 342 g/mol. The van der Waals surface area contributed by atoms with Crippen molar-refractivity contribution in [3.63, 3.8) is 0 Å². The van der Waals surface area contributed by atoms with E-state index in [2.05, 4.69) is 35.9 Å². The Morgan fingerprint density at radius 3 is 2.64 bits per heavy atom. The van der Waals surface area contributed by atoms with Crippen LogP contribution in [-0.2, 0) is 21.3 Å². The standard InChI is InChI=1S/C9H8N3.HI.Zn/c1-4-11-12(7-1)8-9-2-5-10-6-3-9;;/h2-7H,8H2;1H;/q-1;;+2/p-1. The van der Waals surface area contributed by atoms with Gasteiger partial charge in [-0.25, -0.2) is 5.10 Å². The van der Waals surface area contributed by atoms with Crippen LogP contribution in [0, 0.1) is 6.07 Å². The van der Waals surface area contributed by atoms with Gasteiger partial charge < -0.3 is 10.7 Å². The zero-order valence-electron chi connectivity index (χ0n) is 7.60. The molecule has 5 heteroatoms. The van der Waals surface area contributed by atoms with Crippen molar-refractivity contribution < 1.29 is 14.8 Å². The number of nitrogens with zero attached hydrogens (tertiary/aromatic N) is 3. The van der Waals surface area contributed by atoms with E-state index < -0.39 is 0 Å². The second-order valence-corrected chi connectivity index (χ2v) is 2.49. The Labute approximate surface area is 104 Å². The van der Waals surface area contributed by atoms with Gasteiger partial charge in [-0.2, -0.15) is 6.20 Å². The summed E-state index contributed by atoms with van der Waals surface area (Å²) in [5, 5.41) is 4.05. The fourth-order valence-corrected chi connectivity index (χ4v) is 1.02. The normalized spacial score (nSPS) is 9.07. The maximum absolute atomic E-state index is 4.05. The molecule has 0 aliphatic rings. The molecule has 0 spiro atoms. The van der Waals surface area contributed by atoms with E-state index in [9.17, 15) is 0 Å². The SMILES string of the molecule is [Zn+][I].[c-]1cnn(Cc2ccncc2)c1. The molecule has 0 N–H and O–H groups in total. The summed E-state index contributed by atoms with van der Waals surface area (Å²) in [5.74, 6) is 0. The van der Waals surface area contributed by atoms with Gasteiger partial charge in [-0.1, -0.05) is 0 Å². The van der Waals surface area contributed by atoms with E-state index in [1.807, 2.05) is 23.0 Å². The van der Waals surface area contributed by atoms with Crippen LogP contribution in [0.4, 0.5) is 0 Å². The third-order valence-corrected chi connectivity index (χ3v) is 1.60. The fourth-order valence-electron chi connectivity index (χ4n) is 1.02. The zero-order chi connectivity index (χ0) is 10.2. The predicted molar refractivity (Wildman–Crippen MR) is 58.4 cm³/mol. The van der Waals surface area contributed by atoms with Gasteiger partial charge in [-0.15, -0.1) is 6.20 Å². The molecule has 0 aliphatic carbocycles. The van der Waals surface area contributed by atoms with E-state index in [1.54, 1.807) is 18.6 Å². The quantitative estimate of drug-likeness (QED) is 0.471. The van der Waals surface area contributed by atoms with E-state index >= 15 is 0 Å². The van der Waals surface area contributed by atoms with Crippen molar-refractivity contribution in [2.45, 2.75) is 6.54 Å². The van der Waals surface area contributed by atoms with E-state index in [-0.39, 0.29) is 0 Å². The molecule has 0 aliphatic heterocycles. The summed E-state index contributed by atoms with van der Waals surface area (Å²) in [6.45, 7) is 0.784. The van der Waals surface area contributed by atoms with Crippen molar-refractivity contribution in [3.8, 4) is 0 Å². The number of hydrogen-bond donors (Lipinski definition) is 0. The van der Waals surface area contributed by atoms with E-state index in [1.165, 1.54) is 20.4 Å². The molecule has 0 unspecified atom stereocenters. The van der Waals surface area contributed by atoms with Gasteiger partial charge in [0.15, 0.2) is 0 Å². The van der Waals surface area contributed by atoms with Crippen LogP contribution < -0.4 is 0 Å². The molecule has 68 valence electrons. The second-order valence-electron chi connectivity index (χ2n) is 2.49. The van der Waals surface area contributed by atoms with Gasteiger partial charge in [-0.3, -0.25) is 4.98 Å². The molecule has 0 saturated carbocycles. The minimum Gasteiger partial charge on any atom is -0.432 e. The summed E-state index contributed by atoms with van der Waals surface area (Å²) in [4.78, 5) is 3.94. The van der Waals surface area contributed by atoms with E-state index in [0.29, 0.717) is 0 Å². The molecule has 2 aromatic rings. The number of pyridine rings is 1. The Balaban J connectivity index is 0.000000461. The molecule has 0 amide bonds. The average molecular weight is 350 g/mol. The van der Waals surface area contributed by atoms with E-state index in [0.717, 1.165) is 6.54 Å². The van der Waals surface area contributed by atoms with Crippen molar-refractivity contribution in [2.75, 3.05) is 0 Å². The van der Waals surface area contributed by atoms with Crippen LogP contribution >= 0.6 is 19.8 Å². The summed E-state index contributed by atoms with van der Waals surface area (Å²) in [5.41, 5.74) is 1.20. The largest absolute Gasteiger partial charge is 0.432 e. The Morgan fingerprint density at radius 2 is 2.07 bits per heavy atom. The van der Waals surface area contributed by atoms with Crippen molar-refractivity contribution >= 4 is 19.8 Å². The molecule has 3 nitrogen and oxygen atoms in total. The van der Waals surface area contributed by atoms with Crippen LogP contribution in [0.15, 0.2) is 36.9 Å². The molecule has 2 aromatic heterocycles. The Hall–Kier alpha value is -0.287. The molecule has 0 saturated heterocycles. The van der Waals surface area contributed by atoms with Gasteiger partial charge in [0, 0.05) is 12.4 Å². The smallest absolute Gasteiger partial charge is 0.0626 e. The summed E-state index contributed by atoms with van der Waals surface area (Å²) < 4.78 is 1.83. The monoisotopic (exact) mass is 349 g/mol. The van der Waals surface area contributed by atoms with Crippen LogP contribution in [0.25, 0.3) is 0 Å². The van der Waals surface area contributed by atoms with Crippen molar-refractivity contribution in [1.82, 2.24) is 14.8 Å². The van der Waals surface area contributed by atoms with Crippen molar-refractivity contribution in [2.24, 2.45) is 0 Å². The summed E-state index contributed by atoms with van der Waals surface area (Å²) in [6.07, 6.45) is 7.03. The molecule has 0 aromatic carbocycles. The molecule has 0 atom stereocenters. The van der Waals surface area contributed by atoms with Crippen LogP contribution in [0.1, 0.15) is 5.56 Å². The minimum atomic E-state index is 0.784. The Kier molecular flexibility index (Phi) is 5.95. The topological polar surface area (TPSA) is 30.7 Å². The van der Waals surface area contributed by atoms with E-state index in [4.69, 9.17) is 0 Å². The van der Waals surface area contributed by atoms with Crippen molar-refractivity contribution in [3.05, 3.63) is 48.5 Å². The second kappa shape index (κ2) is 7.06. The molecule has 0 fully saturated rings. The summed E-state index contributed by atoms with van der Waals surface area (Å²) in [6, 6.07) is 6.83. The van der Waals surface area contributed by atoms with Gasteiger partial charge in [-0.05, 0) is 17.7 Å². The van der Waals surface area contributed by atoms with Crippen LogP contribution in [0.3, 0.4) is 0 Å². The molecule has 0 bridgehead atoms. The van der Waals surface area contributed by atoms with Gasteiger partial charge in [0.25, 0.3) is 0 Å². The molecular formula is C9H8IN3Zn. The predicted octanol–water partition coefficient (Wildman–Crippen LogP) is 2.01. The maximum Gasteiger partial charge on any atom is 0.0626 e. The number of halogens is 1. The molecule has 2 rings (SSSR count). The minimum absolute atomic E-state index is 0.784. The Morgan fingerprint density at radius 1 is 1.36 bits per heavy atom. The number of aromatic nitrogens is 3. The first-order valence-electron chi connectivity index (χ1n) is 3.99. The van der Waals surface area contributed by atoms with Crippen LogP contribution in [-0.4, -0.2) is 14.8 Å². The number of hydrogen-bond acceptors (Lipinski definition) is 2. The molecule has 0 radical (unpaired) electrons. The van der Waals surface area contributed by atoms with Crippen LogP contribution in [0.2, 0.25) is 0 Å². The van der Waals surface area contributed by atoms with Gasteiger partial charge in [0.2, 0.25) is 0 Å². The maximum atomic E-state index is 4.05. The third kappa shape index (κ3) is 3.84. The number of rotatable bonds is 2. The first-order chi connectivity index (χ1) is 6.95. The summed E-state index contributed by atoms with van der Waals surface area (Å²) in [7, 11) is 0. The Bertz CT molecular complexity index is 336. The van der Waals surface area contributed by atoms with Gasteiger partial charge in [0.05, 0.1) is 6.54 Å². The third-order valence-electron chi connectivity index (χ3n) is 1.60. The van der Waals surface area contributed by atoms with Crippen molar-refractivity contribution in [1.29, 1.82) is 0 Å². The zero-order valence-corrected chi connectivity index (χ0v) is 12.7. The van der Waals surface area contributed by atoms with Crippen LogP contribution in [0.5, 0.6) is 0 Å². The van der Waals surface area contributed by atoms with Gasteiger partial charge in [0.1, 0.15) is 0 Å². The molecule has 14 heavy (non-hydrogen) atoms.